The lowest BCUT2D eigenvalue weighted by atomic mass is 9.79. The first-order valence-electron chi connectivity index (χ1n) is 9.28. The van der Waals surface area contributed by atoms with Gasteiger partial charge in [-0.05, 0) is 12.3 Å². The van der Waals surface area contributed by atoms with Crippen molar-refractivity contribution in [2.75, 3.05) is 14.2 Å². The molecule has 1 aromatic carbocycles. The number of rotatable bonds is 12. The van der Waals surface area contributed by atoms with Gasteiger partial charge in [0, 0.05) is 25.7 Å². The van der Waals surface area contributed by atoms with Gasteiger partial charge in [-0.25, -0.2) is 0 Å². The van der Waals surface area contributed by atoms with Crippen molar-refractivity contribution in [1.82, 2.24) is 0 Å². The number of ether oxygens (including phenoxy) is 2. The summed E-state index contributed by atoms with van der Waals surface area (Å²) < 4.78 is 11.9. The highest BCUT2D eigenvalue weighted by Gasteiger charge is 2.42. The number of methoxy groups -OCH3 is 2. The van der Waals surface area contributed by atoms with Crippen molar-refractivity contribution in [2.24, 2.45) is 11.8 Å². The molecule has 132 valence electrons. The van der Waals surface area contributed by atoms with E-state index >= 15 is 0 Å². The minimum absolute atomic E-state index is 0.353. The number of hydrogen-bond donors (Lipinski definition) is 0. The average molecular weight is 321 g/mol. The maximum absolute atomic E-state index is 5.97. The van der Waals surface area contributed by atoms with Crippen molar-refractivity contribution < 1.29 is 9.47 Å². The molecule has 1 atom stereocenters. The standard InChI is InChI=1S/C21H36O2/c1-6-7-8-9-10-14-17-20(18(2)3)21(22-4,23-5)19-15-12-11-13-16-19/h11-13,15-16,18,20H,6-10,14,17H2,1-5H3. The summed E-state index contributed by atoms with van der Waals surface area (Å²) in [5.41, 5.74) is 1.12. The van der Waals surface area contributed by atoms with Gasteiger partial charge in [0.2, 0.25) is 0 Å². The Hall–Kier alpha value is -0.860. The van der Waals surface area contributed by atoms with Crippen molar-refractivity contribution in [3.8, 4) is 0 Å². The van der Waals surface area contributed by atoms with Crippen molar-refractivity contribution in [3.05, 3.63) is 35.9 Å². The number of benzene rings is 1. The van der Waals surface area contributed by atoms with Gasteiger partial charge in [-0.3, -0.25) is 0 Å². The normalized spacial score (nSPS) is 13.5. The van der Waals surface area contributed by atoms with Gasteiger partial charge >= 0.3 is 0 Å². The van der Waals surface area contributed by atoms with Crippen LogP contribution in [0.2, 0.25) is 0 Å². The van der Waals surface area contributed by atoms with Gasteiger partial charge < -0.3 is 9.47 Å². The smallest absolute Gasteiger partial charge is 0.197 e. The Morgan fingerprint density at radius 3 is 1.96 bits per heavy atom. The maximum Gasteiger partial charge on any atom is 0.197 e. The van der Waals surface area contributed by atoms with E-state index in [-0.39, 0.29) is 0 Å². The van der Waals surface area contributed by atoms with Crippen LogP contribution in [-0.2, 0) is 15.3 Å². The molecular weight excluding hydrogens is 284 g/mol. The topological polar surface area (TPSA) is 18.5 Å². The molecule has 0 N–H and O–H groups in total. The van der Waals surface area contributed by atoms with Crippen molar-refractivity contribution in [2.45, 2.75) is 71.5 Å². The van der Waals surface area contributed by atoms with Crippen LogP contribution in [0.25, 0.3) is 0 Å². The van der Waals surface area contributed by atoms with Crippen LogP contribution < -0.4 is 0 Å². The summed E-state index contributed by atoms with van der Waals surface area (Å²) in [5, 5.41) is 0. The zero-order chi connectivity index (χ0) is 17.1. The first-order chi connectivity index (χ1) is 11.1. The van der Waals surface area contributed by atoms with Crippen LogP contribution in [0.3, 0.4) is 0 Å². The molecule has 2 nitrogen and oxygen atoms in total. The fourth-order valence-electron chi connectivity index (χ4n) is 3.61. The lowest BCUT2D eigenvalue weighted by molar-refractivity contribution is -0.260. The summed E-state index contributed by atoms with van der Waals surface area (Å²) in [4.78, 5) is 0. The lowest BCUT2D eigenvalue weighted by Gasteiger charge is -2.41. The van der Waals surface area contributed by atoms with Crippen LogP contribution in [0.1, 0.15) is 71.3 Å². The van der Waals surface area contributed by atoms with Crippen LogP contribution in [0.5, 0.6) is 0 Å². The van der Waals surface area contributed by atoms with Gasteiger partial charge in [-0.2, -0.15) is 0 Å². The molecular formula is C21H36O2. The molecule has 0 saturated carbocycles. The Morgan fingerprint density at radius 2 is 1.43 bits per heavy atom. The molecule has 23 heavy (non-hydrogen) atoms. The SMILES string of the molecule is CCCCCCCCC(C(C)C)C(OC)(OC)c1ccccc1. The Bertz CT molecular complexity index is 396. The van der Waals surface area contributed by atoms with Gasteiger partial charge in [0.1, 0.15) is 0 Å². The van der Waals surface area contributed by atoms with Crippen molar-refractivity contribution >= 4 is 0 Å². The van der Waals surface area contributed by atoms with Crippen LogP contribution in [0, 0.1) is 11.8 Å². The highest BCUT2D eigenvalue weighted by atomic mass is 16.7. The second kappa shape index (κ2) is 10.8. The zero-order valence-corrected chi connectivity index (χ0v) is 15.8. The summed E-state index contributed by atoms with van der Waals surface area (Å²) in [6, 6.07) is 10.4. The molecule has 0 radical (unpaired) electrons. The second-order valence-electron chi connectivity index (χ2n) is 6.85. The molecule has 1 aromatic rings. The molecule has 0 bridgehead atoms. The molecule has 0 aromatic heterocycles. The van der Waals surface area contributed by atoms with Gasteiger partial charge in [0.25, 0.3) is 0 Å². The highest BCUT2D eigenvalue weighted by Crippen LogP contribution is 2.41. The van der Waals surface area contributed by atoms with E-state index in [1.165, 1.54) is 38.5 Å². The first kappa shape index (κ1) is 20.2. The molecule has 0 amide bonds. The molecule has 0 aliphatic rings. The Morgan fingerprint density at radius 1 is 0.870 bits per heavy atom. The van der Waals surface area contributed by atoms with Gasteiger partial charge in [-0.1, -0.05) is 89.6 Å². The summed E-state index contributed by atoms with van der Waals surface area (Å²) in [6.45, 7) is 6.81. The summed E-state index contributed by atoms with van der Waals surface area (Å²) in [6.07, 6.45) is 9.06. The van der Waals surface area contributed by atoms with Crippen molar-refractivity contribution in [3.63, 3.8) is 0 Å². The summed E-state index contributed by atoms with van der Waals surface area (Å²) >= 11 is 0. The molecule has 0 heterocycles. The lowest BCUT2D eigenvalue weighted by Crippen LogP contribution is -2.42. The van der Waals surface area contributed by atoms with Gasteiger partial charge in [0.05, 0.1) is 0 Å². The largest absolute Gasteiger partial charge is 0.349 e. The fourth-order valence-corrected chi connectivity index (χ4v) is 3.61. The van der Waals surface area contributed by atoms with Crippen LogP contribution in [0.15, 0.2) is 30.3 Å². The fraction of sp³-hybridized carbons (Fsp3) is 0.714. The van der Waals surface area contributed by atoms with E-state index in [9.17, 15) is 0 Å². The second-order valence-corrected chi connectivity index (χ2v) is 6.85. The molecule has 0 aliphatic heterocycles. The monoisotopic (exact) mass is 320 g/mol. The predicted octanol–water partition coefficient (Wildman–Crippen LogP) is 6.16. The minimum atomic E-state index is -0.640. The third-order valence-electron chi connectivity index (χ3n) is 4.94. The number of unbranched alkanes of at least 4 members (excludes halogenated alkanes) is 5. The number of hydrogen-bond acceptors (Lipinski definition) is 2. The Labute approximate surface area is 143 Å². The maximum atomic E-state index is 5.97. The molecule has 1 unspecified atom stereocenters. The van der Waals surface area contributed by atoms with E-state index in [0.29, 0.717) is 11.8 Å². The summed E-state index contributed by atoms with van der Waals surface area (Å²) in [5.74, 6) is 0.218. The Kier molecular flexibility index (Phi) is 9.50. The van der Waals surface area contributed by atoms with E-state index in [1.54, 1.807) is 14.2 Å². The third kappa shape index (κ3) is 5.61. The van der Waals surface area contributed by atoms with Gasteiger partial charge in [0.15, 0.2) is 5.79 Å². The van der Waals surface area contributed by atoms with E-state index in [1.807, 2.05) is 6.07 Å². The molecule has 1 rings (SSSR count). The van der Waals surface area contributed by atoms with E-state index in [0.717, 1.165) is 12.0 Å². The predicted molar refractivity (Wildman–Crippen MR) is 98.5 cm³/mol. The van der Waals surface area contributed by atoms with Crippen LogP contribution >= 0.6 is 0 Å². The van der Waals surface area contributed by atoms with E-state index in [4.69, 9.17) is 9.47 Å². The van der Waals surface area contributed by atoms with E-state index < -0.39 is 5.79 Å². The Balaban J connectivity index is 2.78. The minimum Gasteiger partial charge on any atom is -0.349 e. The quantitative estimate of drug-likeness (QED) is 0.339. The van der Waals surface area contributed by atoms with Gasteiger partial charge in [-0.15, -0.1) is 0 Å². The van der Waals surface area contributed by atoms with Crippen molar-refractivity contribution in [1.29, 1.82) is 0 Å². The third-order valence-corrected chi connectivity index (χ3v) is 4.94. The highest BCUT2D eigenvalue weighted by molar-refractivity contribution is 5.21. The summed E-state index contributed by atoms with van der Waals surface area (Å²) in [7, 11) is 3.54. The average Bonchev–Trinajstić information content (AvgIpc) is 2.58. The molecule has 0 spiro atoms. The molecule has 0 aliphatic carbocycles. The molecule has 2 heteroatoms. The van der Waals surface area contributed by atoms with Crippen LogP contribution in [0.4, 0.5) is 0 Å². The zero-order valence-electron chi connectivity index (χ0n) is 15.8. The molecule has 0 fully saturated rings. The first-order valence-corrected chi connectivity index (χ1v) is 9.28. The van der Waals surface area contributed by atoms with E-state index in [2.05, 4.69) is 45.0 Å². The van der Waals surface area contributed by atoms with Crippen LogP contribution in [-0.4, -0.2) is 14.2 Å². The molecule has 0 saturated heterocycles.